The summed E-state index contributed by atoms with van der Waals surface area (Å²) in [4.78, 5) is 26.0. The maximum atomic E-state index is 14.8. The van der Waals surface area contributed by atoms with E-state index in [0.717, 1.165) is 22.4 Å². The summed E-state index contributed by atoms with van der Waals surface area (Å²) < 4.78 is 74.6. The zero-order valence-corrected chi connectivity index (χ0v) is 23.2. The second-order valence-electron chi connectivity index (χ2n) is 10.3. The molecule has 2 aromatic carbocycles. The molecule has 216 valence electrons. The Morgan fingerprint density at radius 1 is 1.07 bits per heavy atom. The van der Waals surface area contributed by atoms with Crippen molar-refractivity contribution in [1.82, 2.24) is 14.3 Å². The molecule has 1 saturated carbocycles. The van der Waals surface area contributed by atoms with E-state index >= 15 is 0 Å². The average Bonchev–Trinajstić information content (AvgIpc) is 3.71. The molecule has 0 bridgehead atoms. The number of halogens is 3. The third-order valence-electron chi connectivity index (χ3n) is 7.33. The summed E-state index contributed by atoms with van der Waals surface area (Å²) in [7, 11) is -2.71. The SMILES string of the molecule is Cc1ccc(S(=O)(=O)OCC2(n3cc4c(NC(C)c5cccc(C(F)F)c5F)nn(C)c(=O)c4cc3=O)CC2)cc1. The van der Waals surface area contributed by atoms with E-state index in [2.05, 4.69) is 10.4 Å². The number of hydrogen-bond acceptors (Lipinski definition) is 7. The Morgan fingerprint density at radius 3 is 2.37 bits per heavy atom. The second kappa shape index (κ2) is 10.5. The van der Waals surface area contributed by atoms with Gasteiger partial charge in [0, 0.05) is 30.3 Å². The molecule has 1 aliphatic carbocycles. The van der Waals surface area contributed by atoms with Crippen LogP contribution in [0.1, 0.15) is 48.9 Å². The number of pyridine rings is 1. The Labute approximate surface area is 233 Å². The Hall–Kier alpha value is -3.97. The van der Waals surface area contributed by atoms with Crippen LogP contribution in [-0.2, 0) is 26.9 Å². The minimum Gasteiger partial charge on any atom is -0.361 e. The summed E-state index contributed by atoms with van der Waals surface area (Å²) >= 11 is 0. The van der Waals surface area contributed by atoms with Crippen LogP contribution in [0.4, 0.5) is 19.0 Å². The molecular weight excluding hydrogens is 561 g/mol. The fourth-order valence-corrected chi connectivity index (χ4v) is 5.69. The molecule has 41 heavy (non-hydrogen) atoms. The van der Waals surface area contributed by atoms with Crippen LogP contribution in [0.5, 0.6) is 0 Å². The zero-order chi connectivity index (χ0) is 29.7. The smallest absolute Gasteiger partial charge is 0.297 e. The van der Waals surface area contributed by atoms with Gasteiger partial charge in [-0.25, -0.2) is 17.9 Å². The van der Waals surface area contributed by atoms with E-state index in [-0.39, 0.29) is 33.7 Å². The number of benzene rings is 2. The van der Waals surface area contributed by atoms with Gasteiger partial charge in [-0.2, -0.15) is 13.5 Å². The molecule has 0 spiro atoms. The van der Waals surface area contributed by atoms with Crippen molar-refractivity contribution < 1.29 is 25.8 Å². The van der Waals surface area contributed by atoms with Crippen molar-refractivity contribution in [3.63, 3.8) is 0 Å². The van der Waals surface area contributed by atoms with E-state index < -0.39 is 50.6 Å². The highest BCUT2D eigenvalue weighted by molar-refractivity contribution is 7.86. The van der Waals surface area contributed by atoms with E-state index in [1.807, 2.05) is 6.92 Å². The molecule has 1 N–H and O–H groups in total. The van der Waals surface area contributed by atoms with Crippen LogP contribution in [0.2, 0.25) is 0 Å². The highest BCUT2D eigenvalue weighted by Gasteiger charge is 2.47. The highest BCUT2D eigenvalue weighted by atomic mass is 32.2. The van der Waals surface area contributed by atoms with E-state index in [1.165, 1.54) is 42.1 Å². The lowest BCUT2D eigenvalue weighted by Crippen LogP contribution is -2.35. The molecule has 9 nitrogen and oxygen atoms in total. The predicted octanol–water partition coefficient (Wildman–Crippen LogP) is 4.55. The van der Waals surface area contributed by atoms with Crippen molar-refractivity contribution in [3.8, 4) is 0 Å². The standard InChI is InChI=1S/C28H27F3N4O5S/c1-16-7-9-18(10-8-16)41(38,39)40-15-28(11-12-28)35-14-22-21(13-23(35)36)27(37)34(3)33-26(22)32-17(2)19-5-4-6-20(24(19)29)25(30)31/h4-10,13-14,17,25H,11-12,15H2,1-3H3,(H,32,33). The lowest BCUT2D eigenvalue weighted by atomic mass is 10.0. The normalized spacial score (nSPS) is 15.3. The van der Waals surface area contributed by atoms with Crippen LogP contribution in [0.25, 0.3) is 10.8 Å². The topological polar surface area (TPSA) is 112 Å². The summed E-state index contributed by atoms with van der Waals surface area (Å²) in [6.45, 7) is 3.07. The minimum atomic E-state index is -4.10. The number of nitrogens with one attached hydrogen (secondary N) is 1. The van der Waals surface area contributed by atoms with Gasteiger partial charge in [-0.1, -0.05) is 35.9 Å². The fraction of sp³-hybridized carbons (Fsp3) is 0.321. The zero-order valence-electron chi connectivity index (χ0n) is 22.4. The third kappa shape index (κ3) is 5.38. The second-order valence-corrected chi connectivity index (χ2v) is 11.9. The van der Waals surface area contributed by atoms with E-state index in [9.17, 15) is 31.2 Å². The predicted molar refractivity (Wildman–Crippen MR) is 146 cm³/mol. The van der Waals surface area contributed by atoms with Gasteiger partial charge in [-0.3, -0.25) is 13.8 Å². The number of fused-ring (bicyclic) bond motifs is 1. The van der Waals surface area contributed by atoms with Gasteiger partial charge in [0.1, 0.15) is 5.82 Å². The summed E-state index contributed by atoms with van der Waals surface area (Å²) in [5.41, 5.74) is -1.95. The van der Waals surface area contributed by atoms with Crippen molar-refractivity contribution in [1.29, 1.82) is 0 Å². The number of aromatic nitrogens is 3. The lowest BCUT2D eigenvalue weighted by Gasteiger charge is -2.21. The molecule has 0 radical (unpaired) electrons. The maximum absolute atomic E-state index is 14.8. The highest BCUT2D eigenvalue weighted by Crippen LogP contribution is 2.44. The van der Waals surface area contributed by atoms with Gasteiger partial charge < -0.3 is 9.88 Å². The number of alkyl halides is 2. The molecule has 0 amide bonds. The van der Waals surface area contributed by atoms with Gasteiger partial charge in [0.2, 0.25) is 0 Å². The van der Waals surface area contributed by atoms with Crippen molar-refractivity contribution in [3.05, 3.63) is 97.9 Å². The van der Waals surface area contributed by atoms with Crippen LogP contribution in [0.3, 0.4) is 0 Å². The molecule has 13 heteroatoms. The first-order valence-electron chi connectivity index (χ1n) is 12.8. The Balaban J connectivity index is 1.51. The van der Waals surface area contributed by atoms with Crippen molar-refractivity contribution in [2.45, 2.75) is 49.6 Å². The number of aryl methyl sites for hydroxylation is 2. The monoisotopic (exact) mass is 588 g/mol. The molecule has 4 aromatic rings. The van der Waals surface area contributed by atoms with Crippen molar-refractivity contribution >= 4 is 26.7 Å². The molecule has 5 rings (SSSR count). The Morgan fingerprint density at radius 2 is 1.73 bits per heavy atom. The number of nitrogens with zero attached hydrogens (tertiary/aromatic N) is 3. The molecule has 2 heterocycles. The first-order chi connectivity index (χ1) is 19.3. The molecule has 1 fully saturated rings. The summed E-state index contributed by atoms with van der Waals surface area (Å²) in [5, 5.41) is 7.47. The molecular formula is C28H27F3N4O5S. The van der Waals surface area contributed by atoms with Gasteiger partial charge in [-0.15, -0.1) is 0 Å². The first-order valence-corrected chi connectivity index (χ1v) is 14.2. The van der Waals surface area contributed by atoms with Gasteiger partial charge in [-0.05, 0) is 38.8 Å². The van der Waals surface area contributed by atoms with E-state index in [4.69, 9.17) is 4.18 Å². The molecule has 0 saturated heterocycles. The summed E-state index contributed by atoms with van der Waals surface area (Å²) in [6.07, 6.45) is -0.697. The Kier molecular flexibility index (Phi) is 7.28. The Bertz CT molecular complexity index is 1870. The van der Waals surface area contributed by atoms with Gasteiger partial charge >= 0.3 is 0 Å². The van der Waals surface area contributed by atoms with Gasteiger partial charge in [0.15, 0.2) is 5.82 Å². The van der Waals surface area contributed by atoms with Gasteiger partial charge in [0.25, 0.3) is 27.7 Å². The molecule has 1 aliphatic rings. The number of anilines is 1. The van der Waals surface area contributed by atoms with Gasteiger partial charge in [0.05, 0.1) is 34.0 Å². The van der Waals surface area contributed by atoms with Crippen molar-refractivity contribution in [2.24, 2.45) is 7.05 Å². The van der Waals surface area contributed by atoms with Crippen LogP contribution >= 0.6 is 0 Å². The van der Waals surface area contributed by atoms with E-state index in [1.54, 1.807) is 19.1 Å². The minimum absolute atomic E-state index is 0.0129. The third-order valence-corrected chi connectivity index (χ3v) is 8.60. The van der Waals surface area contributed by atoms with Crippen LogP contribution in [-0.4, -0.2) is 29.4 Å². The molecule has 1 unspecified atom stereocenters. The molecule has 2 aromatic heterocycles. The number of hydrogen-bond donors (Lipinski definition) is 1. The van der Waals surface area contributed by atoms with Crippen LogP contribution < -0.4 is 16.4 Å². The lowest BCUT2D eigenvalue weighted by molar-refractivity contribution is 0.146. The quantitative estimate of drug-likeness (QED) is 0.286. The largest absolute Gasteiger partial charge is 0.361 e. The number of rotatable bonds is 9. The van der Waals surface area contributed by atoms with E-state index in [0.29, 0.717) is 12.8 Å². The van der Waals surface area contributed by atoms with Crippen molar-refractivity contribution in [2.75, 3.05) is 11.9 Å². The average molecular weight is 589 g/mol. The molecule has 0 aliphatic heterocycles. The molecule has 1 atom stereocenters. The summed E-state index contributed by atoms with van der Waals surface area (Å²) in [6, 6.07) is 10.2. The summed E-state index contributed by atoms with van der Waals surface area (Å²) in [5.74, 6) is -0.952. The first kappa shape index (κ1) is 28.6. The fourth-order valence-electron chi connectivity index (χ4n) is 4.71. The van der Waals surface area contributed by atoms with Crippen LogP contribution in [0, 0.1) is 12.7 Å². The van der Waals surface area contributed by atoms with Crippen LogP contribution in [0.15, 0.2) is 69.2 Å². The maximum Gasteiger partial charge on any atom is 0.297 e.